The summed E-state index contributed by atoms with van der Waals surface area (Å²) < 4.78 is 1.85. The fraction of sp³-hybridized carbons (Fsp3) is 0.385. The van der Waals surface area contributed by atoms with Gasteiger partial charge in [0.25, 0.3) is 0 Å². The molecule has 4 rings (SSSR count). The lowest BCUT2D eigenvalue weighted by molar-refractivity contribution is -0.133. The molecule has 0 radical (unpaired) electrons. The van der Waals surface area contributed by atoms with Crippen molar-refractivity contribution in [1.29, 1.82) is 0 Å². The molecule has 8 heteroatoms. The van der Waals surface area contributed by atoms with Crippen LogP contribution in [-0.2, 0) is 16.0 Å². The zero-order valence-electron chi connectivity index (χ0n) is 20.1. The molecule has 2 aromatic heterocycles. The largest absolute Gasteiger partial charge is 0.342 e. The number of halogens is 1. The molecule has 0 aliphatic carbocycles. The molecule has 0 spiro atoms. The highest BCUT2D eigenvalue weighted by Gasteiger charge is 2.28. The number of anilines is 1. The second kappa shape index (κ2) is 9.97. The smallest absolute Gasteiger partial charge is 0.228 e. The number of aryl methyl sites for hydroxylation is 3. The second-order valence-electron chi connectivity index (χ2n) is 9.04. The first-order chi connectivity index (χ1) is 16.2. The molecule has 3 aromatic rings. The van der Waals surface area contributed by atoms with Gasteiger partial charge in [-0.15, -0.1) is 0 Å². The highest BCUT2D eigenvalue weighted by atomic mass is 35.5. The van der Waals surface area contributed by atoms with Crippen LogP contribution in [0.4, 0.5) is 5.82 Å². The number of nitrogens with zero attached hydrogens (tertiary/aromatic N) is 4. The number of rotatable bonds is 5. The van der Waals surface area contributed by atoms with Gasteiger partial charge in [-0.3, -0.25) is 9.59 Å². The van der Waals surface area contributed by atoms with Crippen LogP contribution in [0.3, 0.4) is 0 Å². The van der Waals surface area contributed by atoms with E-state index in [4.69, 9.17) is 11.6 Å². The Morgan fingerprint density at radius 3 is 2.47 bits per heavy atom. The van der Waals surface area contributed by atoms with E-state index >= 15 is 0 Å². The maximum Gasteiger partial charge on any atom is 0.228 e. The number of nitrogens with one attached hydrogen (secondary N) is 1. The van der Waals surface area contributed by atoms with Crippen LogP contribution in [0.25, 0.3) is 5.69 Å². The molecule has 3 heterocycles. The normalized spacial score (nSPS) is 14.3. The third-order valence-corrected chi connectivity index (χ3v) is 6.96. The summed E-state index contributed by atoms with van der Waals surface area (Å²) in [4.78, 5) is 31.8. The summed E-state index contributed by atoms with van der Waals surface area (Å²) in [6, 6.07) is 9.57. The van der Waals surface area contributed by atoms with E-state index in [1.807, 2.05) is 61.5 Å². The van der Waals surface area contributed by atoms with Crippen LogP contribution >= 0.6 is 11.6 Å². The molecular weight excluding hydrogens is 450 g/mol. The number of aromatic nitrogens is 3. The average Bonchev–Trinajstić information content (AvgIpc) is 3.10. The summed E-state index contributed by atoms with van der Waals surface area (Å²) in [7, 11) is 0. The van der Waals surface area contributed by atoms with Crippen LogP contribution in [0.1, 0.15) is 40.9 Å². The lowest BCUT2D eigenvalue weighted by Gasteiger charge is -2.31. The van der Waals surface area contributed by atoms with Gasteiger partial charge in [0.2, 0.25) is 11.8 Å². The fourth-order valence-corrected chi connectivity index (χ4v) is 4.49. The molecular formula is C26H30ClN5O2. The minimum Gasteiger partial charge on any atom is -0.342 e. The third-order valence-electron chi connectivity index (χ3n) is 6.55. The number of carbonyl (C=O) groups excluding carboxylic acids is 2. The van der Waals surface area contributed by atoms with Crippen molar-refractivity contribution in [2.75, 3.05) is 18.4 Å². The Kier molecular flexibility index (Phi) is 7.03. The standard InChI is InChI=1S/C26H30ClN5O2/c1-16-5-8-24(28-15-16)29-26(34)20-9-11-31(12-10-20)25(33)14-22-18(3)30-32(19(22)4)21-7-6-17(2)23(27)13-21/h5-8,13,15,20H,9-12,14H2,1-4H3,(H,28,29,34). The Bertz CT molecular complexity index is 1210. The fourth-order valence-electron chi connectivity index (χ4n) is 4.32. The average molecular weight is 480 g/mol. The van der Waals surface area contributed by atoms with E-state index < -0.39 is 0 Å². The number of likely N-dealkylation sites (tertiary alicyclic amines) is 1. The lowest BCUT2D eigenvalue weighted by atomic mass is 9.95. The number of piperidine rings is 1. The highest BCUT2D eigenvalue weighted by molar-refractivity contribution is 6.31. The van der Waals surface area contributed by atoms with E-state index in [2.05, 4.69) is 15.4 Å². The molecule has 2 amide bonds. The molecule has 7 nitrogen and oxygen atoms in total. The predicted molar refractivity (Wildman–Crippen MR) is 133 cm³/mol. The number of benzene rings is 1. The minimum absolute atomic E-state index is 0.0341. The third kappa shape index (κ3) is 5.14. The molecule has 0 atom stereocenters. The summed E-state index contributed by atoms with van der Waals surface area (Å²) in [5.41, 5.74) is 5.64. The molecule has 1 aromatic carbocycles. The summed E-state index contributed by atoms with van der Waals surface area (Å²) in [5, 5.41) is 8.24. The Balaban J connectivity index is 1.37. The van der Waals surface area contributed by atoms with Crippen molar-refractivity contribution in [1.82, 2.24) is 19.7 Å². The van der Waals surface area contributed by atoms with Gasteiger partial charge in [-0.1, -0.05) is 23.7 Å². The SMILES string of the molecule is Cc1ccc(NC(=O)C2CCN(C(=O)Cc3c(C)nn(-c4ccc(C)c(Cl)c4)c3C)CC2)nc1. The van der Waals surface area contributed by atoms with Gasteiger partial charge in [-0.25, -0.2) is 9.67 Å². The number of hydrogen-bond donors (Lipinski definition) is 1. The number of amides is 2. The maximum absolute atomic E-state index is 13.1. The molecule has 0 saturated carbocycles. The zero-order chi connectivity index (χ0) is 24.4. The van der Waals surface area contributed by atoms with E-state index in [0.29, 0.717) is 43.2 Å². The Morgan fingerprint density at radius 1 is 1.09 bits per heavy atom. The Labute approximate surface area is 205 Å². The minimum atomic E-state index is -0.121. The van der Waals surface area contributed by atoms with Gasteiger partial charge >= 0.3 is 0 Å². The van der Waals surface area contributed by atoms with E-state index in [9.17, 15) is 9.59 Å². The highest BCUT2D eigenvalue weighted by Crippen LogP contribution is 2.25. The summed E-state index contributed by atoms with van der Waals surface area (Å²) >= 11 is 6.30. The molecule has 0 unspecified atom stereocenters. The first-order valence-electron chi connectivity index (χ1n) is 11.6. The van der Waals surface area contributed by atoms with Crippen molar-refractivity contribution < 1.29 is 9.59 Å². The topological polar surface area (TPSA) is 80.1 Å². The first-order valence-corrected chi connectivity index (χ1v) is 11.9. The number of hydrogen-bond acceptors (Lipinski definition) is 4. The van der Waals surface area contributed by atoms with Gasteiger partial charge < -0.3 is 10.2 Å². The van der Waals surface area contributed by atoms with Crippen molar-refractivity contribution in [2.24, 2.45) is 5.92 Å². The van der Waals surface area contributed by atoms with Gasteiger partial charge in [0.15, 0.2) is 0 Å². The first kappa shape index (κ1) is 24.0. The van der Waals surface area contributed by atoms with Gasteiger partial charge in [0, 0.05) is 41.5 Å². The molecule has 1 aliphatic rings. The lowest BCUT2D eigenvalue weighted by Crippen LogP contribution is -2.42. The van der Waals surface area contributed by atoms with Gasteiger partial charge in [-0.2, -0.15) is 5.10 Å². The molecule has 34 heavy (non-hydrogen) atoms. The Morgan fingerprint density at radius 2 is 1.82 bits per heavy atom. The second-order valence-corrected chi connectivity index (χ2v) is 9.44. The number of carbonyl (C=O) groups is 2. The quantitative estimate of drug-likeness (QED) is 0.581. The molecule has 178 valence electrons. The van der Waals surface area contributed by atoms with Crippen molar-refractivity contribution >= 4 is 29.2 Å². The maximum atomic E-state index is 13.1. The monoisotopic (exact) mass is 479 g/mol. The van der Waals surface area contributed by atoms with Crippen LogP contribution in [0.5, 0.6) is 0 Å². The summed E-state index contributed by atoms with van der Waals surface area (Å²) in [6.45, 7) is 8.96. The van der Waals surface area contributed by atoms with Crippen LogP contribution in [0.15, 0.2) is 36.5 Å². The zero-order valence-corrected chi connectivity index (χ0v) is 20.8. The van der Waals surface area contributed by atoms with Gasteiger partial charge in [-0.05, 0) is 69.9 Å². The van der Waals surface area contributed by atoms with E-state index in [1.54, 1.807) is 12.3 Å². The van der Waals surface area contributed by atoms with Crippen LogP contribution in [0, 0.1) is 33.6 Å². The molecule has 1 fully saturated rings. The number of pyridine rings is 1. The van der Waals surface area contributed by atoms with Crippen molar-refractivity contribution in [2.45, 2.75) is 47.0 Å². The van der Waals surface area contributed by atoms with Crippen molar-refractivity contribution in [3.05, 3.63) is 69.6 Å². The van der Waals surface area contributed by atoms with Gasteiger partial charge in [0.1, 0.15) is 5.82 Å². The van der Waals surface area contributed by atoms with Crippen LogP contribution in [0.2, 0.25) is 5.02 Å². The van der Waals surface area contributed by atoms with Gasteiger partial charge in [0.05, 0.1) is 17.8 Å². The van der Waals surface area contributed by atoms with Crippen LogP contribution in [-0.4, -0.2) is 44.6 Å². The molecule has 1 saturated heterocycles. The predicted octanol–water partition coefficient (Wildman–Crippen LogP) is 4.57. The molecule has 1 N–H and O–H groups in total. The van der Waals surface area contributed by atoms with Crippen molar-refractivity contribution in [3.8, 4) is 5.69 Å². The molecule has 1 aliphatic heterocycles. The van der Waals surface area contributed by atoms with Crippen LogP contribution < -0.4 is 5.32 Å². The van der Waals surface area contributed by atoms with E-state index in [0.717, 1.165) is 33.8 Å². The van der Waals surface area contributed by atoms with E-state index in [1.165, 1.54) is 0 Å². The summed E-state index contributed by atoms with van der Waals surface area (Å²) in [5.74, 6) is 0.469. The summed E-state index contributed by atoms with van der Waals surface area (Å²) in [6.07, 6.45) is 3.31. The molecule has 0 bridgehead atoms. The Hall–Kier alpha value is -3.19. The van der Waals surface area contributed by atoms with E-state index in [-0.39, 0.29) is 17.7 Å². The van der Waals surface area contributed by atoms with Crippen molar-refractivity contribution in [3.63, 3.8) is 0 Å².